The molecule has 0 spiro atoms. The highest BCUT2D eigenvalue weighted by Gasteiger charge is 2.16. The molecule has 1 atom stereocenters. The molecule has 1 rings (SSSR count). The molecule has 1 aliphatic rings. The largest absolute Gasteiger partial charge is 0.371 e. The Morgan fingerprint density at radius 3 is 2.92 bits per heavy atom. The summed E-state index contributed by atoms with van der Waals surface area (Å²) in [5.74, 6) is 0. The van der Waals surface area contributed by atoms with Gasteiger partial charge < -0.3 is 10.1 Å². The number of nitrogens with one attached hydrogen (secondary N) is 1. The van der Waals surface area contributed by atoms with Crippen molar-refractivity contribution in [2.75, 3.05) is 19.7 Å². The van der Waals surface area contributed by atoms with Crippen LogP contribution < -0.4 is 5.32 Å². The summed E-state index contributed by atoms with van der Waals surface area (Å²) in [5, 5.41) is 3.37. The van der Waals surface area contributed by atoms with Crippen LogP contribution in [0.4, 0.5) is 0 Å². The zero-order valence-electron chi connectivity index (χ0n) is 8.81. The van der Waals surface area contributed by atoms with Crippen LogP contribution in [0.2, 0.25) is 0 Å². The van der Waals surface area contributed by atoms with Gasteiger partial charge in [0.25, 0.3) is 0 Å². The summed E-state index contributed by atoms with van der Waals surface area (Å²) in [6, 6.07) is 0. The Morgan fingerprint density at radius 1 is 1.54 bits per heavy atom. The van der Waals surface area contributed by atoms with Gasteiger partial charge in [0.05, 0.1) is 12.7 Å². The maximum atomic E-state index is 5.71. The van der Waals surface area contributed by atoms with Crippen molar-refractivity contribution < 1.29 is 4.74 Å². The van der Waals surface area contributed by atoms with Gasteiger partial charge in [-0.3, -0.25) is 0 Å². The van der Waals surface area contributed by atoms with E-state index in [0.717, 1.165) is 26.1 Å². The Balaban J connectivity index is 2.46. The van der Waals surface area contributed by atoms with E-state index in [4.69, 9.17) is 4.74 Å². The van der Waals surface area contributed by atoms with Gasteiger partial charge in [-0.2, -0.15) is 0 Å². The molecule has 0 bridgehead atoms. The molecule has 2 nitrogen and oxygen atoms in total. The third-order valence-electron chi connectivity index (χ3n) is 2.35. The molecule has 1 saturated heterocycles. The van der Waals surface area contributed by atoms with Crippen LogP contribution in [0, 0.1) is 0 Å². The highest BCUT2D eigenvalue weighted by Crippen LogP contribution is 2.15. The summed E-state index contributed by atoms with van der Waals surface area (Å²) in [6.45, 7) is 7.26. The van der Waals surface area contributed by atoms with Gasteiger partial charge in [-0.1, -0.05) is 26.3 Å². The van der Waals surface area contributed by atoms with E-state index in [1.54, 1.807) is 0 Å². The smallest absolute Gasteiger partial charge is 0.0909 e. The Morgan fingerprint density at radius 2 is 2.38 bits per heavy atom. The van der Waals surface area contributed by atoms with Crippen LogP contribution in [0.25, 0.3) is 0 Å². The lowest BCUT2D eigenvalue weighted by Gasteiger charge is -2.26. The van der Waals surface area contributed by atoms with Crippen molar-refractivity contribution in [3.05, 3.63) is 11.6 Å². The second kappa shape index (κ2) is 6.17. The molecule has 0 saturated carbocycles. The molecule has 0 radical (unpaired) electrons. The first kappa shape index (κ1) is 10.7. The van der Waals surface area contributed by atoms with Gasteiger partial charge in [0.15, 0.2) is 0 Å². The van der Waals surface area contributed by atoms with E-state index in [0.29, 0.717) is 6.10 Å². The molecule has 1 N–H and O–H groups in total. The van der Waals surface area contributed by atoms with Crippen LogP contribution in [0.3, 0.4) is 0 Å². The minimum atomic E-state index is 0.341. The van der Waals surface area contributed by atoms with Crippen molar-refractivity contribution in [2.24, 2.45) is 0 Å². The molecule has 0 aromatic rings. The standard InChI is InChI=1S/C11H21NO/c1-3-5-10(6-4-2)11-9-12-7-8-13-11/h5,11-12H,3-4,6-9H2,1-2H3. The molecular weight excluding hydrogens is 162 g/mol. The molecular formula is C11H21NO. The summed E-state index contributed by atoms with van der Waals surface area (Å²) < 4.78 is 5.71. The summed E-state index contributed by atoms with van der Waals surface area (Å²) in [5.41, 5.74) is 1.48. The minimum Gasteiger partial charge on any atom is -0.371 e. The van der Waals surface area contributed by atoms with Crippen LogP contribution in [0.15, 0.2) is 11.6 Å². The summed E-state index contributed by atoms with van der Waals surface area (Å²) >= 11 is 0. The van der Waals surface area contributed by atoms with Crippen LogP contribution in [-0.2, 0) is 4.74 Å². The average Bonchev–Trinajstić information content (AvgIpc) is 2.19. The summed E-state index contributed by atoms with van der Waals surface area (Å²) in [4.78, 5) is 0. The highest BCUT2D eigenvalue weighted by molar-refractivity contribution is 5.09. The third kappa shape index (κ3) is 3.49. The summed E-state index contributed by atoms with van der Waals surface area (Å²) in [6.07, 6.45) is 6.18. The number of hydrogen-bond donors (Lipinski definition) is 1. The van der Waals surface area contributed by atoms with Crippen LogP contribution in [-0.4, -0.2) is 25.8 Å². The van der Waals surface area contributed by atoms with Crippen LogP contribution in [0.5, 0.6) is 0 Å². The lowest BCUT2D eigenvalue weighted by atomic mass is 10.0. The molecule has 1 fully saturated rings. The lowest BCUT2D eigenvalue weighted by Crippen LogP contribution is -2.39. The molecule has 0 aromatic carbocycles. The zero-order valence-corrected chi connectivity index (χ0v) is 8.81. The molecule has 1 unspecified atom stereocenters. The van der Waals surface area contributed by atoms with E-state index in [2.05, 4.69) is 25.2 Å². The van der Waals surface area contributed by atoms with Gasteiger partial charge in [0.2, 0.25) is 0 Å². The van der Waals surface area contributed by atoms with Gasteiger partial charge in [-0.05, 0) is 18.4 Å². The Labute approximate surface area is 81.4 Å². The molecule has 2 heteroatoms. The number of rotatable bonds is 4. The van der Waals surface area contributed by atoms with E-state index in [1.807, 2.05) is 0 Å². The number of hydrogen-bond acceptors (Lipinski definition) is 2. The topological polar surface area (TPSA) is 21.3 Å². The molecule has 13 heavy (non-hydrogen) atoms. The molecule has 76 valence electrons. The number of ether oxygens (including phenoxy) is 1. The first-order chi connectivity index (χ1) is 6.38. The number of morpholine rings is 1. The van der Waals surface area contributed by atoms with Crippen molar-refractivity contribution >= 4 is 0 Å². The molecule has 0 amide bonds. The van der Waals surface area contributed by atoms with Crippen molar-refractivity contribution in [1.82, 2.24) is 5.32 Å². The zero-order chi connectivity index (χ0) is 9.52. The van der Waals surface area contributed by atoms with Gasteiger partial charge in [0.1, 0.15) is 0 Å². The second-order valence-corrected chi connectivity index (χ2v) is 3.50. The van der Waals surface area contributed by atoms with Crippen molar-refractivity contribution in [2.45, 2.75) is 39.2 Å². The maximum Gasteiger partial charge on any atom is 0.0909 e. The highest BCUT2D eigenvalue weighted by atomic mass is 16.5. The Bertz CT molecular complexity index is 159. The van der Waals surface area contributed by atoms with Crippen LogP contribution in [0.1, 0.15) is 33.1 Å². The lowest BCUT2D eigenvalue weighted by molar-refractivity contribution is 0.0495. The third-order valence-corrected chi connectivity index (χ3v) is 2.35. The minimum absolute atomic E-state index is 0.341. The van der Waals surface area contributed by atoms with E-state index in [-0.39, 0.29) is 0 Å². The predicted molar refractivity (Wildman–Crippen MR) is 55.9 cm³/mol. The van der Waals surface area contributed by atoms with Gasteiger partial charge in [-0.25, -0.2) is 0 Å². The van der Waals surface area contributed by atoms with E-state index < -0.39 is 0 Å². The first-order valence-corrected chi connectivity index (χ1v) is 5.39. The maximum absolute atomic E-state index is 5.71. The average molecular weight is 183 g/mol. The fraction of sp³-hybridized carbons (Fsp3) is 0.818. The van der Waals surface area contributed by atoms with Gasteiger partial charge in [0, 0.05) is 13.1 Å². The Hall–Kier alpha value is -0.340. The first-order valence-electron chi connectivity index (χ1n) is 5.39. The molecule has 0 aliphatic carbocycles. The summed E-state index contributed by atoms with van der Waals surface area (Å²) in [7, 11) is 0. The fourth-order valence-corrected chi connectivity index (χ4v) is 1.75. The van der Waals surface area contributed by atoms with Gasteiger partial charge >= 0.3 is 0 Å². The quantitative estimate of drug-likeness (QED) is 0.674. The van der Waals surface area contributed by atoms with Gasteiger partial charge in [-0.15, -0.1) is 0 Å². The van der Waals surface area contributed by atoms with Crippen molar-refractivity contribution in [1.29, 1.82) is 0 Å². The number of allylic oxidation sites excluding steroid dienone is 1. The van der Waals surface area contributed by atoms with E-state index in [9.17, 15) is 0 Å². The van der Waals surface area contributed by atoms with E-state index >= 15 is 0 Å². The monoisotopic (exact) mass is 183 g/mol. The molecule has 1 heterocycles. The van der Waals surface area contributed by atoms with Crippen molar-refractivity contribution in [3.63, 3.8) is 0 Å². The van der Waals surface area contributed by atoms with Crippen LogP contribution >= 0.6 is 0 Å². The SMILES string of the molecule is CCC=C(CCC)C1CNCCO1. The van der Waals surface area contributed by atoms with E-state index in [1.165, 1.54) is 18.4 Å². The van der Waals surface area contributed by atoms with Crippen molar-refractivity contribution in [3.8, 4) is 0 Å². The fourth-order valence-electron chi connectivity index (χ4n) is 1.75. The second-order valence-electron chi connectivity index (χ2n) is 3.50. The molecule has 0 aromatic heterocycles. The molecule has 1 aliphatic heterocycles. The predicted octanol–water partition coefficient (Wildman–Crippen LogP) is 2.11. The Kier molecular flexibility index (Phi) is 5.09. The normalized spacial score (nSPS) is 24.8.